The average Bonchev–Trinajstić information content (AvgIpc) is 3.32. The Labute approximate surface area is 231 Å². The van der Waals surface area contributed by atoms with E-state index in [0.29, 0.717) is 23.3 Å². The number of ether oxygens (including phenoxy) is 1. The van der Waals surface area contributed by atoms with Crippen LogP contribution < -0.4 is 20.3 Å². The summed E-state index contributed by atoms with van der Waals surface area (Å²) in [6.07, 6.45) is 3.10. The van der Waals surface area contributed by atoms with Crippen LogP contribution in [0, 0.1) is 0 Å². The van der Waals surface area contributed by atoms with E-state index in [1.807, 2.05) is 0 Å². The van der Waals surface area contributed by atoms with Gasteiger partial charge in [0.15, 0.2) is 5.83 Å². The third-order valence-electron chi connectivity index (χ3n) is 5.66. The van der Waals surface area contributed by atoms with E-state index in [1.54, 1.807) is 42.9 Å². The first-order valence-corrected chi connectivity index (χ1v) is 11.5. The average molecular weight is 525 g/mol. The molecule has 0 spiro atoms. The van der Waals surface area contributed by atoms with Crippen LogP contribution >= 0.6 is 0 Å². The summed E-state index contributed by atoms with van der Waals surface area (Å²) < 4.78 is 78.3. The van der Waals surface area contributed by atoms with Crippen molar-refractivity contribution in [1.82, 2.24) is 19.4 Å². The summed E-state index contributed by atoms with van der Waals surface area (Å²) in [6.45, 7) is 0.779. The van der Waals surface area contributed by atoms with Crippen LogP contribution in [0.4, 0.5) is 27.4 Å². The Balaban J connectivity index is 1.83. The number of likely N-dealkylation sites (N-methyl/N-ethyl adjacent to an activating group) is 2. The Morgan fingerprint density at radius 1 is 1.26 bits per heavy atom. The van der Waals surface area contributed by atoms with Crippen LogP contribution in [0.25, 0.3) is 22.2 Å². The number of carbonyl (C=O) groups excluding carboxylic acids is 1. The summed E-state index contributed by atoms with van der Waals surface area (Å²) in [6, 6.07) is 3.23. The van der Waals surface area contributed by atoms with Crippen LogP contribution in [0.2, 0.25) is 0 Å². The lowest BCUT2D eigenvalue weighted by molar-refractivity contribution is -0.114. The normalized spacial score (nSPS) is 14.0. The minimum atomic E-state index is -2.63. The van der Waals surface area contributed by atoms with Crippen molar-refractivity contribution in [3.05, 3.63) is 67.2 Å². The van der Waals surface area contributed by atoms with Gasteiger partial charge in [-0.2, -0.15) is 0 Å². The SMILES string of the molecule is [2H]c1c([2H])c([2H])c2c(c(-c3ccnc(Nc4cc(NC(=O)C(=C)F)c(N(CCN(C)C)C([2H])([2H])[2H])cc4OC)n3)cn2C)c1[2H]. The third kappa shape index (κ3) is 5.76. The number of carbonyl (C=O) groups is 1. The van der Waals surface area contributed by atoms with Crippen molar-refractivity contribution < 1.29 is 23.5 Å². The molecule has 0 aliphatic carbocycles. The molecule has 9 nitrogen and oxygen atoms in total. The summed E-state index contributed by atoms with van der Waals surface area (Å²) in [5.74, 6) is -2.23. The molecule has 0 radical (unpaired) electrons. The van der Waals surface area contributed by atoms with Crippen molar-refractivity contribution in [2.75, 3.05) is 56.8 Å². The standard InChI is InChI=1S/C28H32FN7O2/c1-18(29)27(37)31-22-15-23(26(38-6)16-25(22)35(4)14-13-34(2)3)33-28-30-12-11-21(32-28)20-17-36(5)24-10-8-7-9-19(20)24/h7-12,15-17H,1,13-14H2,2-6H3,(H,31,37)(H,30,32,33)/i4D3,7D,8D,9D,10D. The minimum Gasteiger partial charge on any atom is -0.494 e. The lowest BCUT2D eigenvalue weighted by Crippen LogP contribution is -2.29. The lowest BCUT2D eigenvalue weighted by atomic mass is 10.1. The van der Waals surface area contributed by atoms with E-state index in [1.165, 1.54) is 25.4 Å². The molecule has 2 aromatic heterocycles. The smallest absolute Gasteiger partial charge is 0.283 e. The molecule has 0 saturated heterocycles. The van der Waals surface area contributed by atoms with Gasteiger partial charge < -0.3 is 29.7 Å². The van der Waals surface area contributed by atoms with Gasteiger partial charge in [-0.15, -0.1) is 0 Å². The van der Waals surface area contributed by atoms with E-state index in [4.69, 9.17) is 14.3 Å². The highest BCUT2D eigenvalue weighted by Crippen LogP contribution is 2.38. The monoisotopic (exact) mass is 524 g/mol. The van der Waals surface area contributed by atoms with Crippen molar-refractivity contribution in [1.29, 1.82) is 0 Å². The molecule has 0 saturated carbocycles. The van der Waals surface area contributed by atoms with E-state index in [0.717, 1.165) is 4.90 Å². The number of hydrogen-bond acceptors (Lipinski definition) is 7. The van der Waals surface area contributed by atoms with Gasteiger partial charge >= 0.3 is 0 Å². The molecule has 4 rings (SSSR count). The zero-order valence-corrected chi connectivity index (χ0v) is 21.4. The van der Waals surface area contributed by atoms with Gasteiger partial charge in [-0.1, -0.05) is 24.7 Å². The molecule has 2 heterocycles. The zero-order chi connectivity index (χ0) is 33.4. The number of fused-ring (bicyclic) bond motifs is 1. The van der Waals surface area contributed by atoms with Crippen molar-refractivity contribution in [3.8, 4) is 17.0 Å². The van der Waals surface area contributed by atoms with E-state index < -0.39 is 18.7 Å². The molecule has 4 aromatic rings. The molecular formula is C28H32FN7O2. The number of para-hydroxylation sites is 1. The quantitative estimate of drug-likeness (QED) is 0.288. The number of aryl methyl sites for hydroxylation is 1. The van der Waals surface area contributed by atoms with Gasteiger partial charge in [0, 0.05) is 66.2 Å². The van der Waals surface area contributed by atoms with Crippen molar-refractivity contribution in [2.45, 2.75) is 0 Å². The molecule has 0 aliphatic rings. The second-order valence-corrected chi connectivity index (χ2v) is 8.65. The highest BCUT2D eigenvalue weighted by Gasteiger charge is 2.18. The Morgan fingerprint density at radius 2 is 2.05 bits per heavy atom. The number of benzene rings is 2. The number of rotatable bonds is 10. The predicted molar refractivity (Wildman–Crippen MR) is 151 cm³/mol. The van der Waals surface area contributed by atoms with Crippen LogP contribution in [0.15, 0.2) is 67.2 Å². The first-order chi connectivity index (χ1) is 21.0. The number of hydrogen-bond donors (Lipinski definition) is 2. The topological polar surface area (TPSA) is 87.6 Å². The molecule has 198 valence electrons. The molecule has 10 heteroatoms. The van der Waals surface area contributed by atoms with Gasteiger partial charge in [-0.05, 0) is 32.3 Å². The van der Waals surface area contributed by atoms with Crippen molar-refractivity contribution in [3.63, 3.8) is 0 Å². The summed E-state index contributed by atoms with van der Waals surface area (Å²) in [4.78, 5) is 24.0. The number of nitrogens with one attached hydrogen (secondary N) is 2. The number of methoxy groups -OCH3 is 1. The van der Waals surface area contributed by atoms with Crippen molar-refractivity contribution in [2.24, 2.45) is 7.05 Å². The number of aromatic nitrogens is 3. The number of nitrogens with zero attached hydrogens (tertiary/aromatic N) is 5. The van der Waals surface area contributed by atoms with Crippen LogP contribution in [0.3, 0.4) is 0 Å². The van der Waals surface area contributed by atoms with Gasteiger partial charge in [0.1, 0.15) is 5.75 Å². The van der Waals surface area contributed by atoms with Gasteiger partial charge in [0.25, 0.3) is 5.91 Å². The summed E-state index contributed by atoms with van der Waals surface area (Å²) in [5, 5.41) is 5.66. The lowest BCUT2D eigenvalue weighted by Gasteiger charge is -2.26. The maximum atomic E-state index is 13.8. The molecular weight excluding hydrogens is 485 g/mol. The maximum Gasteiger partial charge on any atom is 0.283 e. The largest absolute Gasteiger partial charge is 0.494 e. The molecule has 0 aliphatic heterocycles. The second kappa shape index (κ2) is 11.3. The number of anilines is 4. The summed E-state index contributed by atoms with van der Waals surface area (Å²) in [7, 11) is 6.60. The second-order valence-electron chi connectivity index (χ2n) is 8.65. The van der Waals surface area contributed by atoms with Gasteiger partial charge in [0.2, 0.25) is 5.95 Å². The first-order valence-electron chi connectivity index (χ1n) is 15.0. The van der Waals surface area contributed by atoms with E-state index >= 15 is 0 Å². The molecule has 2 N–H and O–H groups in total. The fourth-order valence-corrected chi connectivity index (χ4v) is 3.74. The van der Waals surface area contributed by atoms with Gasteiger partial charge in [-0.3, -0.25) is 4.79 Å². The number of amides is 1. The van der Waals surface area contributed by atoms with Gasteiger partial charge in [0.05, 0.1) is 35.3 Å². The molecule has 38 heavy (non-hydrogen) atoms. The maximum absolute atomic E-state index is 13.8. The van der Waals surface area contributed by atoms with Crippen LogP contribution in [-0.4, -0.2) is 66.6 Å². The summed E-state index contributed by atoms with van der Waals surface area (Å²) >= 11 is 0. The van der Waals surface area contributed by atoms with E-state index in [2.05, 4.69) is 27.2 Å². The minimum absolute atomic E-state index is 0.0365. The molecule has 2 aromatic carbocycles. The third-order valence-corrected chi connectivity index (χ3v) is 5.66. The Kier molecular flexibility index (Phi) is 5.58. The molecule has 0 atom stereocenters. The Morgan fingerprint density at radius 3 is 2.76 bits per heavy atom. The molecule has 1 amide bonds. The molecule has 0 unspecified atom stereocenters. The fraction of sp³-hybridized carbons (Fsp3) is 0.250. The highest BCUT2D eigenvalue weighted by molar-refractivity contribution is 6.04. The zero-order valence-electron chi connectivity index (χ0n) is 28.4. The highest BCUT2D eigenvalue weighted by atomic mass is 19.1. The molecule has 0 fully saturated rings. The predicted octanol–water partition coefficient (Wildman–Crippen LogP) is 4.81. The Bertz CT molecular complexity index is 1790. The van der Waals surface area contributed by atoms with E-state index in [9.17, 15) is 9.18 Å². The Hall–Kier alpha value is -4.44. The van der Waals surface area contributed by atoms with Crippen LogP contribution in [0.1, 0.15) is 9.60 Å². The van der Waals surface area contributed by atoms with Crippen molar-refractivity contribution >= 4 is 39.8 Å². The summed E-state index contributed by atoms with van der Waals surface area (Å²) in [5.41, 5.74) is 1.31. The fourth-order valence-electron chi connectivity index (χ4n) is 3.74. The van der Waals surface area contributed by atoms with E-state index in [-0.39, 0.29) is 64.9 Å². The molecule has 0 bridgehead atoms. The first kappa shape index (κ1) is 18.8. The van der Waals surface area contributed by atoms with Crippen LogP contribution in [0.5, 0.6) is 5.75 Å². The van der Waals surface area contributed by atoms with Crippen LogP contribution in [-0.2, 0) is 11.8 Å². The van der Waals surface area contributed by atoms with Gasteiger partial charge in [-0.25, -0.2) is 14.4 Å². The number of halogens is 1.